The van der Waals surface area contributed by atoms with E-state index in [1.165, 1.54) is 12.7 Å². The fourth-order valence-electron chi connectivity index (χ4n) is 3.33. The molecule has 0 saturated carbocycles. The molecule has 0 aromatic heterocycles. The van der Waals surface area contributed by atoms with Crippen molar-refractivity contribution in [1.82, 2.24) is 10.2 Å². The van der Waals surface area contributed by atoms with Gasteiger partial charge in [0.1, 0.15) is 0 Å². The van der Waals surface area contributed by atoms with Crippen molar-refractivity contribution in [2.75, 3.05) is 20.2 Å². The van der Waals surface area contributed by atoms with Crippen LogP contribution in [0.1, 0.15) is 38.7 Å². The molecule has 1 saturated heterocycles. The molecule has 1 fully saturated rings. The topological polar surface area (TPSA) is 41.6 Å². The average Bonchev–Trinajstić information content (AvgIpc) is 2.59. The highest BCUT2D eigenvalue weighted by Gasteiger charge is 2.30. The average molecular weight is 318 g/mol. The number of piperidine rings is 1. The lowest BCUT2D eigenvalue weighted by molar-refractivity contribution is -0.142. The monoisotopic (exact) mass is 318 g/mol. The second kappa shape index (κ2) is 9.04. The minimum atomic E-state index is -0.0946. The van der Waals surface area contributed by atoms with Crippen LogP contribution in [0.3, 0.4) is 0 Å². The maximum atomic E-state index is 11.7. The van der Waals surface area contributed by atoms with E-state index in [9.17, 15) is 4.79 Å². The Morgan fingerprint density at radius 3 is 2.74 bits per heavy atom. The first-order valence-corrected chi connectivity index (χ1v) is 8.70. The molecule has 3 unspecified atom stereocenters. The Bertz CT molecular complexity index is 478. The molecular weight excluding hydrogens is 288 g/mol. The molecule has 128 valence electrons. The fourth-order valence-corrected chi connectivity index (χ4v) is 3.33. The molecule has 1 aromatic rings. The summed E-state index contributed by atoms with van der Waals surface area (Å²) in [5, 5.41) is 3.67. The van der Waals surface area contributed by atoms with Crippen LogP contribution in [0.4, 0.5) is 0 Å². The first kappa shape index (κ1) is 18.0. The summed E-state index contributed by atoms with van der Waals surface area (Å²) in [6.07, 6.45) is 2.69. The van der Waals surface area contributed by atoms with Gasteiger partial charge in [-0.15, -0.1) is 0 Å². The van der Waals surface area contributed by atoms with Crippen LogP contribution in [-0.2, 0) is 16.1 Å². The molecule has 4 nitrogen and oxygen atoms in total. The van der Waals surface area contributed by atoms with Crippen LogP contribution < -0.4 is 5.32 Å². The smallest absolute Gasteiger partial charge is 0.305 e. The highest BCUT2D eigenvalue weighted by atomic mass is 16.5. The third-order valence-corrected chi connectivity index (χ3v) is 4.90. The molecule has 1 aromatic carbocycles. The first-order valence-electron chi connectivity index (χ1n) is 8.70. The molecule has 1 N–H and O–H groups in total. The molecule has 4 heteroatoms. The molecule has 0 aliphatic carbocycles. The normalized spacial score (nSPS) is 23.4. The van der Waals surface area contributed by atoms with E-state index in [-0.39, 0.29) is 5.97 Å². The summed E-state index contributed by atoms with van der Waals surface area (Å²) in [5.41, 5.74) is 1.30. The lowest BCUT2D eigenvalue weighted by Gasteiger charge is -2.41. The summed E-state index contributed by atoms with van der Waals surface area (Å²) >= 11 is 0. The summed E-state index contributed by atoms with van der Waals surface area (Å²) in [4.78, 5) is 14.2. The molecule has 1 aliphatic heterocycles. The number of methoxy groups -OCH3 is 1. The van der Waals surface area contributed by atoms with Gasteiger partial charge in [-0.25, -0.2) is 0 Å². The number of nitrogens with zero attached hydrogens (tertiary/aromatic N) is 1. The van der Waals surface area contributed by atoms with Crippen molar-refractivity contribution >= 4 is 5.97 Å². The number of ether oxygens (including phenoxy) is 1. The van der Waals surface area contributed by atoms with E-state index >= 15 is 0 Å². The van der Waals surface area contributed by atoms with E-state index in [1.54, 1.807) is 0 Å². The van der Waals surface area contributed by atoms with Gasteiger partial charge in [0.05, 0.1) is 7.11 Å². The number of hydrogen-bond donors (Lipinski definition) is 1. The molecular formula is C19H30N2O2. The summed E-state index contributed by atoms with van der Waals surface area (Å²) in [6.45, 7) is 7.42. The van der Waals surface area contributed by atoms with E-state index in [0.29, 0.717) is 24.4 Å². The van der Waals surface area contributed by atoms with Crippen LogP contribution in [0.15, 0.2) is 30.3 Å². The second-order valence-corrected chi connectivity index (χ2v) is 6.66. The number of benzene rings is 1. The summed E-state index contributed by atoms with van der Waals surface area (Å²) in [5.74, 6) is 0.279. The van der Waals surface area contributed by atoms with Crippen molar-refractivity contribution in [3.8, 4) is 0 Å². The number of likely N-dealkylation sites (tertiary alicyclic amines) is 1. The van der Waals surface area contributed by atoms with Gasteiger partial charge in [-0.2, -0.15) is 0 Å². The molecule has 1 heterocycles. The maximum Gasteiger partial charge on any atom is 0.305 e. The molecule has 0 amide bonds. The van der Waals surface area contributed by atoms with Gasteiger partial charge in [-0.3, -0.25) is 9.69 Å². The number of nitrogens with one attached hydrogen (secondary N) is 1. The minimum absolute atomic E-state index is 0.0946. The first-order chi connectivity index (χ1) is 11.1. The zero-order valence-electron chi connectivity index (χ0n) is 14.6. The molecule has 0 radical (unpaired) electrons. The number of esters is 1. The number of hydrogen-bond acceptors (Lipinski definition) is 4. The van der Waals surface area contributed by atoms with E-state index in [2.05, 4.69) is 48.3 Å². The van der Waals surface area contributed by atoms with Crippen LogP contribution in [0.25, 0.3) is 0 Å². The van der Waals surface area contributed by atoms with Gasteiger partial charge in [0, 0.05) is 38.1 Å². The van der Waals surface area contributed by atoms with Crippen molar-refractivity contribution in [3.63, 3.8) is 0 Å². The third-order valence-electron chi connectivity index (χ3n) is 4.90. The maximum absolute atomic E-state index is 11.7. The van der Waals surface area contributed by atoms with Gasteiger partial charge in [-0.1, -0.05) is 37.3 Å². The lowest BCUT2D eigenvalue weighted by Crippen LogP contribution is -2.52. The molecule has 0 bridgehead atoms. The Morgan fingerprint density at radius 1 is 1.35 bits per heavy atom. The quantitative estimate of drug-likeness (QED) is 0.785. The minimum Gasteiger partial charge on any atom is -0.469 e. The zero-order valence-corrected chi connectivity index (χ0v) is 14.6. The van der Waals surface area contributed by atoms with E-state index in [4.69, 9.17) is 4.74 Å². The van der Waals surface area contributed by atoms with E-state index in [0.717, 1.165) is 32.5 Å². The van der Waals surface area contributed by atoms with Crippen molar-refractivity contribution in [2.45, 2.75) is 51.7 Å². The van der Waals surface area contributed by atoms with Crippen LogP contribution in [0.2, 0.25) is 0 Å². The number of carbonyl (C=O) groups excluding carboxylic acids is 1. The van der Waals surface area contributed by atoms with Crippen molar-refractivity contribution in [2.24, 2.45) is 5.92 Å². The summed E-state index contributed by atoms with van der Waals surface area (Å²) < 4.78 is 4.86. The molecule has 0 spiro atoms. The Labute approximate surface area is 140 Å². The zero-order chi connectivity index (χ0) is 16.7. The largest absolute Gasteiger partial charge is 0.469 e. The second-order valence-electron chi connectivity index (χ2n) is 6.66. The van der Waals surface area contributed by atoms with Crippen molar-refractivity contribution in [1.29, 1.82) is 0 Å². The molecule has 3 atom stereocenters. The van der Waals surface area contributed by atoms with Crippen LogP contribution in [0, 0.1) is 5.92 Å². The van der Waals surface area contributed by atoms with Gasteiger partial charge in [0.25, 0.3) is 0 Å². The lowest BCUT2D eigenvalue weighted by atomic mass is 9.90. The van der Waals surface area contributed by atoms with E-state index in [1.807, 2.05) is 6.07 Å². The molecule has 23 heavy (non-hydrogen) atoms. The summed E-state index contributed by atoms with van der Waals surface area (Å²) in [6, 6.07) is 11.5. The van der Waals surface area contributed by atoms with Crippen LogP contribution in [0.5, 0.6) is 0 Å². The van der Waals surface area contributed by atoms with Gasteiger partial charge in [0.2, 0.25) is 0 Å². The van der Waals surface area contributed by atoms with Crippen LogP contribution in [-0.4, -0.2) is 43.2 Å². The fraction of sp³-hybridized carbons (Fsp3) is 0.632. The summed E-state index contributed by atoms with van der Waals surface area (Å²) in [7, 11) is 1.47. The number of rotatable bonds is 7. The highest BCUT2D eigenvalue weighted by Crippen LogP contribution is 2.23. The third kappa shape index (κ3) is 5.63. The van der Waals surface area contributed by atoms with Gasteiger partial charge >= 0.3 is 5.97 Å². The van der Waals surface area contributed by atoms with E-state index < -0.39 is 0 Å². The molecule has 1 aliphatic rings. The van der Waals surface area contributed by atoms with Gasteiger partial charge in [-0.05, 0) is 31.2 Å². The Kier molecular flexibility index (Phi) is 7.06. The highest BCUT2D eigenvalue weighted by molar-refractivity contribution is 5.69. The van der Waals surface area contributed by atoms with Crippen LogP contribution >= 0.6 is 0 Å². The Balaban J connectivity index is 1.94. The standard InChI is InChI=1S/C19H30N2O2/c1-4-15(2)21-13-17(11-19(22)23-3)10-18(14-21)20-12-16-8-6-5-7-9-16/h5-9,15,17-18,20H,4,10-14H2,1-3H3. The van der Waals surface area contributed by atoms with Crippen molar-refractivity contribution < 1.29 is 9.53 Å². The number of carbonyl (C=O) groups is 1. The predicted molar refractivity (Wildman–Crippen MR) is 93.1 cm³/mol. The van der Waals surface area contributed by atoms with Gasteiger partial charge in [0.15, 0.2) is 0 Å². The van der Waals surface area contributed by atoms with Gasteiger partial charge < -0.3 is 10.1 Å². The predicted octanol–water partition coefficient (Wildman–Crippen LogP) is 2.83. The Hall–Kier alpha value is -1.39. The van der Waals surface area contributed by atoms with Crippen molar-refractivity contribution in [3.05, 3.63) is 35.9 Å². The molecule has 2 rings (SSSR count). The SMILES string of the molecule is CCC(C)N1CC(CC(=O)OC)CC(NCc2ccccc2)C1. The Morgan fingerprint density at radius 2 is 2.09 bits per heavy atom.